The van der Waals surface area contributed by atoms with Crippen LogP contribution in [0.5, 0.6) is 0 Å². The summed E-state index contributed by atoms with van der Waals surface area (Å²) in [5, 5.41) is 3.51. The highest BCUT2D eigenvalue weighted by Gasteiger charge is 2.23. The van der Waals surface area contributed by atoms with E-state index in [1.807, 2.05) is 0 Å². The Morgan fingerprint density at radius 2 is 1.86 bits per heavy atom. The van der Waals surface area contributed by atoms with Crippen LogP contribution in [0.3, 0.4) is 0 Å². The van der Waals surface area contributed by atoms with Gasteiger partial charge in [-0.25, -0.2) is 0 Å². The predicted octanol–water partition coefficient (Wildman–Crippen LogP) is 2.10. The van der Waals surface area contributed by atoms with Crippen molar-refractivity contribution in [1.82, 2.24) is 10.2 Å². The maximum absolute atomic E-state index is 3.51. The van der Waals surface area contributed by atoms with Crippen molar-refractivity contribution < 1.29 is 0 Å². The molecule has 2 heteroatoms. The molecule has 0 aromatic rings. The first-order valence-electron chi connectivity index (χ1n) is 6.12. The lowest BCUT2D eigenvalue weighted by Crippen LogP contribution is -2.49. The van der Waals surface area contributed by atoms with E-state index in [1.165, 1.54) is 25.9 Å². The zero-order valence-electron chi connectivity index (χ0n) is 10.2. The van der Waals surface area contributed by atoms with Gasteiger partial charge in [0.15, 0.2) is 0 Å². The number of hydrogen-bond donors (Lipinski definition) is 1. The Morgan fingerprint density at radius 1 is 1.29 bits per heavy atom. The first-order valence-corrected chi connectivity index (χ1v) is 6.12. The first-order chi connectivity index (χ1) is 6.65. The molecule has 1 rings (SSSR count). The lowest BCUT2D eigenvalue weighted by Gasteiger charge is -2.38. The molecule has 1 saturated heterocycles. The van der Waals surface area contributed by atoms with Gasteiger partial charge in [0.2, 0.25) is 0 Å². The van der Waals surface area contributed by atoms with Crippen molar-refractivity contribution in [2.24, 2.45) is 5.92 Å². The van der Waals surface area contributed by atoms with Crippen LogP contribution in [-0.2, 0) is 0 Å². The van der Waals surface area contributed by atoms with Gasteiger partial charge in [-0.3, -0.25) is 4.90 Å². The molecule has 2 unspecified atom stereocenters. The van der Waals surface area contributed by atoms with Crippen LogP contribution in [0.4, 0.5) is 0 Å². The molecule has 0 aromatic heterocycles. The molecular weight excluding hydrogens is 172 g/mol. The lowest BCUT2D eigenvalue weighted by molar-refractivity contribution is 0.125. The van der Waals surface area contributed by atoms with Gasteiger partial charge in [0.25, 0.3) is 0 Å². The molecule has 0 saturated carbocycles. The maximum Gasteiger partial charge on any atom is 0.0218 e. The molecule has 1 heterocycles. The minimum absolute atomic E-state index is 0.619. The highest BCUT2D eigenvalue weighted by molar-refractivity contribution is 4.80. The second-order valence-corrected chi connectivity index (χ2v) is 4.81. The molecule has 1 N–H and O–H groups in total. The third-order valence-corrected chi connectivity index (χ3v) is 3.64. The van der Waals surface area contributed by atoms with Crippen LogP contribution in [0.1, 0.15) is 40.5 Å². The minimum Gasteiger partial charge on any atom is -0.313 e. The third-order valence-electron chi connectivity index (χ3n) is 3.64. The molecule has 1 aliphatic rings. The number of likely N-dealkylation sites (tertiary alicyclic amines) is 1. The van der Waals surface area contributed by atoms with Gasteiger partial charge < -0.3 is 5.32 Å². The van der Waals surface area contributed by atoms with Gasteiger partial charge in [0.05, 0.1) is 0 Å². The van der Waals surface area contributed by atoms with Crippen LogP contribution in [0.2, 0.25) is 0 Å². The fraction of sp³-hybridized carbons (Fsp3) is 1.00. The van der Waals surface area contributed by atoms with E-state index in [0.29, 0.717) is 12.1 Å². The van der Waals surface area contributed by atoms with Crippen molar-refractivity contribution >= 4 is 0 Å². The van der Waals surface area contributed by atoms with Crippen LogP contribution < -0.4 is 5.32 Å². The Balaban J connectivity index is 2.33. The van der Waals surface area contributed by atoms with E-state index in [9.17, 15) is 0 Å². The van der Waals surface area contributed by atoms with Crippen LogP contribution in [-0.4, -0.2) is 36.6 Å². The summed E-state index contributed by atoms with van der Waals surface area (Å²) in [4.78, 5) is 2.63. The largest absolute Gasteiger partial charge is 0.313 e. The highest BCUT2D eigenvalue weighted by atomic mass is 15.2. The Bertz CT molecular complexity index is 150. The van der Waals surface area contributed by atoms with Gasteiger partial charge >= 0.3 is 0 Å². The average molecular weight is 198 g/mol. The van der Waals surface area contributed by atoms with E-state index in [1.54, 1.807) is 0 Å². The summed E-state index contributed by atoms with van der Waals surface area (Å²) in [6.07, 6.45) is 2.76. The second-order valence-electron chi connectivity index (χ2n) is 4.81. The quantitative estimate of drug-likeness (QED) is 0.744. The van der Waals surface area contributed by atoms with Gasteiger partial charge in [0, 0.05) is 12.1 Å². The van der Waals surface area contributed by atoms with Crippen molar-refractivity contribution in [2.75, 3.05) is 19.6 Å². The summed E-state index contributed by atoms with van der Waals surface area (Å²) >= 11 is 0. The smallest absolute Gasteiger partial charge is 0.0218 e. The highest BCUT2D eigenvalue weighted by Crippen LogP contribution is 2.18. The number of hydrogen-bond acceptors (Lipinski definition) is 2. The van der Waals surface area contributed by atoms with Crippen molar-refractivity contribution in [2.45, 2.75) is 52.6 Å². The minimum atomic E-state index is 0.619. The van der Waals surface area contributed by atoms with Crippen molar-refractivity contribution in [3.05, 3.63) is 0 Å². The van der Waals surface area contributed by atoms with E-state index in [0.717, 1.165) is 12.5 Å². The van der Waals surface area contributed by atoms with Gasteiger partial charge in [-0.05, 0) is 52.2 Å². The Hall–Kier alpha value is -0.0800. The van der Waals surface area contributed by atoms with Gasteiger partial charge in [-0.2, -0.15) is 0 Å². The molecule has 2 atom stereocenters. The van der Waals surface area contributed by atoms with E-state index < -0.39 is 0 Å². The third kappa shape index (κ3) is 3.25. The molecule has 0 aliphatic carbocycles. The summed E-state index contributed by atoms with van der Waals surface area (Å²) in [7, 11) is 0. The molecule has 2 nitrogen and oxygen atoms in total. The van der Waals surface area contributed by atoms with Crippen LogP contribution in [0.25, 0.3) is 0 Å². The van der Waals surface area contributed by atoms with Crippen molar-refractivity contribution in [3.8, 4) is 0 Å². The van der Waals surface area contributed by atoms with Crippen LogP contribution in [0.15, 0.2) is 0 Å². The zero-order valence-corrected chi connectivity index (χ0v) is 10.2. The second kappa shape index (κ2) is 5.72. The summed E-state index contributed by atoms with van der Waals surface area (Å²) in [5.41, 5.74) is 0. The zero-order chi connectivity index (χ0) is 10.6. The van der Waals surface area contributed by atoms with E-state index in [4.69, 9.17) is 0 Å². The normalized spacial score (nSPS) is 24.9. The molecular formula is C12H26N2. The molecule has 1 fully saturated rings. The molecule has 0 aromatic carbocycles. The maximum atomic E-state index is 3.51. The van der Waals surface area contributed by atoms with Gasteiger partial charge in [0.1, 0.15) is 0 Å². The Morgan fingerprint density at radius 3 is 2.36 bits per heavy atom. The molecule has 0 radical (unpaired) electrons. The topological polar surface area (TPSA) is 15.3 Å². The predicted molar refractivity (Wildman–Crippen MR) is 62.6 cm³/mol. The fourth-order valence-electron chi connectivity index (χ4n) is 2.24. The number of piperidine rings is 1. The number of nitrogens with zero attached hydrogens (tertiary/aromatic N) is 1. The van der Waals surface area contributed by atoms with Crippen LogP contribution in [0, 0.1) is 5.92 Å². The Kier molecular flexibility index (Phi) is 4.90. The summed E-state index contributed by atoms with van der Waals surface area (Å²) in [6, 6.07) is 1.30. The average Bonchev–Trinajstić information content (AvgIpc) is 2.18. The summed E-state index contributed by atoms with van der Waals surface area (Å²) < 4.78 is 0. The van der Waals surface area contributed by atoms with Crippen LogP contribution >= 0.6 is 0 Å². The first kappa shape index (κ1) is 12.0. The molecule has 0 spiro atoms. The number of nitrogens with one attached hydrogen (secondary N) is 1. The SMILES string of the molecule is CCNC(C)C(C)N1CCC(C)CC1. The van der Waals surface area contributed by atoms with E-state index in [-0.39, 0.29) is 0 Å². The lowest BCUT2D eigenvalue weighted by atomic mass is 9.97. The Labute approximate surface area is 89.1 Å². The number of likely N-dealkylation sites (N-methyl/N-ethyl adjacent to an activating group) is 1. The molecule has 1 aliphatic heterocycles. The van der Waals surface area contributed by atoms with E-state index >= 15 is 0 Å². The standard InChI is InChI=1S/C12H26N2/c1-5-13-11(3)12(4)14-8-6-10(2)7-9-14/h10-13H,5-9H2,1-4H3. The molecule has 0 amide bonds. The van der Waals surface area contributed by atoms with Crippen molar-refractivity contribution in [3.63, 3.8) is 0 Å². The molecule has 0 bridgehead atoms. The number of rotatable bonds is 4. The molecule has 14 heavy (non-hydrogen) atoms. The summed E-state index contributed by atoms with van der Waals surface area (Å²) in [6.45, 7) is 12.9. The summed E-state index contributed by atoms with van der Waals surface area (Å²) in [5.74, 6) is 0.938. The van der Waals surface area contributed by atoms with Crippen molar-refractivity contribution in [1.29, 1.82) is 0 Å². The van der Waals surface area contributed by atoms with Gasteiger partial charge in [-0.15, -0.1) is 0 Å². The monoisotopic (exact) mass is 198 g/mol. The molecule has 84 valence electrons. The van der Waals surface area contributed by atoms with E-state index in [2.05, 4.69) is 37.9 Å². The fourth-order valence-corrected chi connectivity index (χ4v) is 2.24. The van der Waals surface area contributed by atoms with Gasteiger partial charge in [-0.1, -0.05) is 13.8 Å².